The van der Waals surface area contributed by atoms with E-state index in [0.29, 0.717) is 12.0 Å². The van der Waals surface area contributed by atoms with Crippen molar-refractivity contribution in [3.63, 3.8) is 0 Å². The molecule has 0 unspecified atom stereocenters. The Morgan fingerprint density at radius 2 is 1.89 bits per heavy atom. The summed E-state index contributed by atoms with van der Waals surface area (Å²) in [5.74, 6) is 0.711. The highest BCUT2D eigenvalue weighted by Gasteiger charge is 2.21. The minimum Gasteiger partial charge on any atom is -0.359 e. The summed E-state index contributed by atoms with van der Waals surface area (Å²) in [7, 11) is 0. The van der Waals surface area contributed by atoms with Crippen LogP contribution in [-0.4, -0.2) is 11.2 Å². The molecule has 4 heteroatoms. The van der Waals surface area contributed by atoms with Crippen molar-refractivity contribution in [1.82, 2.24) is 5.32 Å². The Kier molecular flexibility index (Phi) is 5.01. The fraction of sp³-hybridized carbons (Fsp3) is 0.500. The van der Waals surface area contributed by atoms with Gasteiger partial charge in [0.15, 0.2) is 5.11 Å². The first kappa shape index (κ1) is 13.8. The molecule has 98 valence electrons. The van der Waals surface area contributed by atoms with Crippen molar-refractivity contribution in [2.45, 2.75) is 38.6 Å². The molecule has 2 N–H and O–H groups in total. The molecule has 2 rings (SSSR count). The Bertz CT molecular complexity index is 405. The fourth-order valence-corrected chi connectivity index (χ4v) is 2.93. The lowest BCUT2D eigenvalue weighted by Gasteiger charge is -2.30. The normalized spacial score (nSPS) is 23.4. The van der Waals surface area contributed by atoms with Crippen LogP contribution in [0.2, 0.25) is 0 Å². The van der Waals surface area contributed by atoms with Gasteiger partial charge in [0.1, 0.15) is 0 Å². The van der Waals surface area contributed by atoms with Gasteiger partial charge < -0.3 is 10.6 Å². The summed E-state index contributed by atoms with van der Waals surface area (Å²) >= 11 is 8.79. The van der Waals surface area contributed by atoms with Crippen LogP contribution in [-0.2, 0) is 0 Å². The lowest BCUT2D eigenvalue weighted by atomic mass is 9.86. The predicted molar refractivity (Wildman–Crippen MR) is 84.9 cm³/mol. The summed E-state index contributed by atoms with van der Waals surface area (Å²) < 4.78 is 1.08. The topological polar surface area (TPSA) is 24.1 Å². The van der Waals surface area contributed by atoms with Crippen LogP contribution in [0.25, 0.3) is 0 Å². The van der Waals surface area contributed by atoms with E-state index < -0.39 is 0 Å². The molecule has 1 aromatic carbocycles. The third-order valence-electron chi connectivity index (χ3n) is 3.53. The molecule has 1 aliphatic carbocycles. The summed E-state index contributed by atoms with van der Waals surface area (Å²) in [4.78, 5) is 0. The highest BCUT2D eigenvalue weighted by atomic mass is 79.9. The smallest absolute Gasteiger partial charge is 0.171 e. The average Bonchev–Trinajstić information content (AvgIpc) is 2.35. The summed E-state index contributed by atoms with van der Waals surface area (Å²) in [6.45, 7) is 2.30. The van der Waals surface area contributed by atoms with Crippen LogP contribution in [0.1, 0.15) is 32.6 Å². The lowest BCUT2D eigenvalue weighted by molar-refractivity contribution is 0.309. The van der Waals surface area contributed by atoms with E-state index in [1.54, 1.807) is 0 Å². The number of rotatable bonds is 2. The Labute approximate surface area is 123 Å². The monoisotopic (exact) mass is 326 g/mol. The molecule has 1 saturated carbocycles. The minimum atomic E-state index is 0.522. The van der Waals surface area contributed by atoms with E-state index in [1.165, 1.54) is 25.7 Å². The number of thiocarbonyl (C=S) groups is 1. The number of benzene rings is 1. The van der Waals surface area contributed by atoms with Gasteiger partial charge in [-0.3, -0.25) is 0 Å². The Morgan fingerprint density at radius 1 is 1.22 bits per heavy atom. The standard InChI is InChI=1S/C14H19BrN2S/c1-10-4-2-3-5-13(10)17-14(18)16-12-8-6-11(15)7-9-12/h6-10,13H,2-5H2,1H3,(H2,16,17,18)/t10-,13+/m0/s1. The molecule has 0 aliphatic heterocycles. The van der Waals surface area contributed by atoms with E-state index in [2.05, 4.69) is 33.5 Å². The number of hydrogen-bond acceptors (Lipinski definition) is 1. The Morgan fingerprint density at radius 3 is 2.56 bits per heavy atom. The third-order valence-corrected chi connectivity index (χ3v) is 4.28. The zero-order valence-electron chi connectivity index (χ0n) is 10.6. The maximum absolute atomic E-state index is 5.37. The van der Waals surface area contributed by atoms with Gasteiger partial charge in [-0.1, -0.05) is 35.7 Å². The third kappa shape index (κ3) is 3.95. The van der Waals surface area contributed by atoms with Gasteiger partial charge in [0, 0.05) is 16.2 Å². The van der Waals surface area contributed by atoms with Crippen LogP contribution in [0.4, 0.5) is 5.69 Å². The molecule has 1 aromatic rings. The van der Waals surface area contributed by atoms with E-state index in [-0.39, 0.29) is 0 Å². The molecule has 18 heavy (non-hydrogen) atoms. The van der Waals surface area contributed by atoms with Crippen molar-refractivity contribution in [3.8, 4) is 0 Å². The zero-order valence-corrected chi connectivity index (χ0v) is 13.0. The van der Waals surface area contributed by atoms with Gasteiger partial charge in [0.2, 0.25) is 0 Å². The van der Waals surface area contributed by atoms with Crippen molar-refractivity contribution >= 4 is 38.9 Å². The highest BCUT2D eigenvalue weighted by Crippen LogP contribution is 2.23. The first-order valence-corrected chi connectivity index (χ1v) is 7.68. The molecule has 0 spiro atoms. The SMILES string of the molecule is C[C@H]1CCCC[C@H]1NC(=S)Nc1ccc(Br)cc1. The van der Waals surface area contributed by atoms with Gasteiger partial charge in [0.05, 0.1) is 0 Å². The van der Waals surface area contributed by atoms with Crippen LogP contribution in [0.15, 0.2) is 28.7 Å². The fourth-order valence-electron chi connectivity index (χ4n) is 2.40. The second-order valence-corrected chi connectivity index (χ2v) is 6.30. The average molecular weight is 327 g/mol. The highest BCUT2D eigenvalue weighted by molar-refractivity contribution is 9.10. The second kappa shape index (κ2) is 6.53. The van der Waals surface area contributed by atoms with E-state index >= 15 is 0 Å². The van der Waals surface area contributed by atoms with Crippen LogP contribution in [0.5, 0.6) is 0 Å². The molecule has 2 atom stereocenters. The molecule has 1 fully saturated rings. The number of halogens is 1. The van der Waals surface area contributed by atoms with Crippen molar-refractivity contribution < 1.29 is 0 Å². The molecule has 0 aromatic heterocycles. The minimum absolute atomic E-state index is 0.522. The maximum Gasteiger partial charge on any atom is 0.171 e. The quantitative estimate of drug-likeness (QED) is 0.792. The number of nitrogens with one attached hydrogen (secondary N) is 2. The molecule has 0 heterocycles. The van der Waals surface area contributed by atoms with E-state index in [0.717, 1.165) is 15.3 Å². The molecule has 1 aliphatic rings. The van der Waals surface area contributed by atoms with Crippen molar-refractivity contribution in [2.24, 2.45) is 5.92 Å². The molecule has 2 nitrogen and oxygen atoms in total. The lowest BCUT2D eigenvalue weighted by Crippen LogP contribution is -2.43. The van der Waals surface area contributed by atoms with Gasteiger partial charge >= 0.3 is 0 Å². The van der Waals surface area contributed by atoms with Crippen LogP contribution < -0.4 is 10.6 Å². The van der Waals surface area contributed by atoms with E-state index in [1.807, 2.05) is 24.3 Å². The predicted octanol–water partition coefficient (Wildman–Crippen LogP) is 4.31. The second-order valence-electron chi connectivity index (χ2n) is 4.97. The van der Waals surface area contributed by atoms with Gasteiger partial charge in [-0.25, -0.2) is 0 Å². The summed E-state index contributed by atoms with van der Waals surface area (Å²) in [6, 6.07) is 8.57. The van der Waals surface area contributed by atoms with E-state index in [4.69, 9.17) is 12.2 Å². The summed E-state index contributed by atoms with van der Waals surface area (Å²) in [6.07, 6.45) is 5.19. The van der Waals surface area contributed by atoms with Gasteiger partial charge in [-0.15, -0.1) is 0 Å². The molecule has 0 saturated heterocycles. The summed E-state index contributed by atoms with van der Waals surface area (Å²) in [5, 5.41) is 7.41. The number of anilines is 1. The summed E-state index contributed by atoms with van der Waals surface area (Å²) in [5.41, 5.74) is 1.03. The van der Waals surface area contributed by atoms with Crippen LogP contribution >= 0.6 is 28.1 Å². The molecular formula is C14H19BrN2S. The molecule has 0 radical (unpaired) electrons. The molecule has 0 amide bonds. The van der Waals surface area contributed by atoms with Crippen molar-refractivity contribution in [2.75, 3.05) is 5.32 Å². The number of hydrogen-bond donors (Lipinski definition) is 2. The van der Waals surface area contributed by atoms with Gasteiger partial charge in [0.25, 0.3) is 0 Å². The largest absolute Gasteiger partial charge is 0.359 e. The molecule has 0 bridgehead atoms. The van der Waals surface area contributed by atoms with Gasteiger partial charge in [-0.2, -0.15) is 0 Å². The van der Waals surface area contributed by atoms with Gasteiger partial charge in [-0.05, 0) is 55.2 Å². The van der Waals surface area contributed by atoms with Crippen molar-refractivity contribution in [1.29, 1.82) is 0 Å². The van der Waals surface area contributed by atoms with Crippen molar-refractivity contribution in [3.05, 3.63) is 28.7 Å². The molecular weight excluding hydrogens is 308 g/mol. The first-order chi connectivity index (χ1) is 8.65. The Balaban J connectivity index is 1.86. The Hall–Kier alpha value is -0.610. The zero-order chi connectivity index (χ0) is 13.0. The van der Waals surface area contributed by atoms with Crippen LogP contribution in [0.3, 0.4) is 0 Å². The van der Waals surface area contributed by atoms with Crippen LogP contribution in [0, 0.1) is 5.92 Å². The first-order valence-electron chi connectivity index (χ1n) is 6.48. The maximum atomic E-state index is 5.37. The van der Waals surface area contributed by atoms with E-state index in [9.17, 15) is 0 Å².